The Morgan fingerprint density at radius 1 is 0.833 bits per heavy atom. The number of nitrogens with zero attached hydrogens (tertiary/aromatic N) is 5. The molecule has 0 fully saturated rings. The lowest BCUT2D eigenvalue weighted by Crippen LogP contribution is -2.44. The molecule has 0 atom stereocenters. The average Bonchev–Trinajstić information content (AvgIpc) is 3.38. The number of hydrogen-bond donors (Lipinski definition) is 1. The predicted molar refractivity (Wildman–Crippen MR) is 127 cm³/mol. The predicted octanol–water partition coefficient (Wildman–Crippen LogP) is 4.60. The smallest absolute Gasteiger partial charge is 0.228 e. The van der Waals surface area contributed by atoms with Crippen molar-refractivity contribution in [2.24, 2.45) is 5.10 Å². The molecule has 30 heavy (non-hydrogen) atoms. The highest BCUT2D eigenvalue weighted by Crippen LogP contribution is 2.32. The number of amidine groups is 1. The first kappa shape index (κ1) is 18.6. The van der Waals surface area contributed by atoms with Gasteiger partial charge in [0.05, 0.1) is 37.0 Å². The van der Waals surface area contributed by atoms with Crippen LogP contribution in [0.15, 0.2) is 84.0 Å². The fraction of sp³-hybridized carbons (Fsp3) is 0.130. The van der Waals surface area contributed by atoms with Crippen LogP contribution < -0.4 is 20.1 Å². The van der Waals surface area contributed by atoms with Crippen molar-refractivity contribution in [3.63, 3.8) is 0 Å². The molecule has 0 unspecified atom stereocenters. The third kappa shape index (κ3) is 3.38. The summed E-state index contributed by atoms with van der Waals surface area (Å²) in [6, 6.07) is 26.8. The van der Waals surface area contributed by atoms with Crippen molar-refractivity contribution >= 4 is 43.9 Å². The minimum Gasteiger partial charge on any atom is -0.298 e. The summed E-state index contributed by atoms with van der Waals surface area (Å²) < 4.78 is 1.91. The second-order valence-electron chi connectivity index (χ2n) is 8.02. The fourth-order valence-electron chi connectivity index (χ4n) is 3.31. The third-order valence-electron chi connectivity index (χ3n) is 4.96. The highest BCUT2D eigenvalue weighted by atomic mass is 32.1. The molecule has 7 heteroatoms. The first-order valence-corrected chi connectivity index (χ1v) is 10.6. The molecule has 3 aromatic carbocycles. The molecular weight excluding hydrogens is 392 g/mol. The lowest BCUT2D eigenvalue weighted by molar-refractivity contribution is 0.486. The normalized spacial score (nSPS) is 14.2. The number of nitrogens with one attached hydrogen (secondary N) is 1. The van der Waals surface area contributed by atoms with E-state index in [0.717, 1.165) is 36.9 Å². The number of hydrazone groups is 1. The van der Waals surface area contributed by atoms with Gasteiger partial charge >= 0.3 is 0 Å². The summed E-state index contributed by atoms with van der Waals surface area (Å²) in [6.07, 6.45) is 0. The minimum absolute atomic E-state index is 0.772. The van der Waals surface area contributed by atoms with Crippen LogP contribution in [0.5, 0.6) is 0 Å². The maximum absolute atomic E-state index is 4.87. The molecule has 5 rings (SSSR count). The van der Waals surface area contributed by atoms with Gasteiger partial charge in [0.25, 0.3) is 0 Å². The van der Waals surface area contributed by atoms with E-state index < -0.39 is 0 Å². The monoisotopic (exact) mass is 415 g/mol. The number of aromatic nitrogens is 1. The van der Waals surface area contributed by atoms with Crippen LogP contribution >= 0.6 is 11.3 Å². The molecule has 1 aliphatic heterocycles. The van der Waals surface area contributed by atoms with Crippen LogP contribution in [-0.2, 0) is 0 Å². The Morgan fingerprint density at radius 3 is 2.23 bits per heavy atom. The molecule has 0 saturated heterocycles. The molecule has 1 N–H and O–H groups in total. The Bertz CT molecular complexity index is 1170. The van der Waals surface area contributed by atoms with Crippen molar-refractivity contribution in [3.05, 3.63) is 84.4 Å². The quantitative estimate of drug-likeness (QED) is 0.495. The van der Waals surface area contributed by atoms with Crippen LogP contribution in [0.4, 0.5) is 16.5 Å². The lowest BCUT2D eigenvalue weighted by atomic mass is 10.2. The molecule has 1 aromatic heterocycles. The molecule has 6 nitrogen and oxygen atoms in total. The van der Waals surface area contributed by atoms with Crippen LogP contribution in [0, 0.1) is 0 Å². The number of benzene rings is 3. The summed E-state index contributed by atoms with van der Waals surface area (Å²) in [5.41, 5.74) is 7.64. The Balaban J connectivity index is 1.53. The first-order chi connectivity index (χ1) is 14.5. The van der Waals surface area contributed by atoms with Crippen LogP contribution in [-0.4, -0.2) is 32.0 Å². The van der Waals surface area contributed by atoms with E-state index in [0.29, 0.717) is 0 Å². The minimum atomic E-state index is 0.772. The van der Waals surface area contributed by atoms with Crippen LogP contribution in [0.2, 0.25) is 0 Å². The Hall–Kier alpha value is -3.42. The summed E-state index contributed by atoms with van der Waals surface area (Å²) in [7, 11) is 6.48. The van der Waals surface area contributed by atoms with E-state index in [-0.39, 0.29) is 0 Å². The summed E-state index contributed by atoms with van der Waals surface area (Å²) in [4.78, 5) is 4.81. The van der Waals surface area contributed by atoms with Gasteiger partial charge in [0.15, 0.2) is 5.84 Å². The van der Waals surface area contributed by atoms with Gasteiger partial charge < -0.3 is 0 Å². The van der Waals surface area contributed by atoms with Gasteiger partial charge in [-0.05, 0) is 48.5 Å². The zero-order chi connectivity index (χ0) is 20.7. The van der Waals surface area contributed by atoms with Crippen molar-refractivity contribution in [2.75, 3.05) is 31.4 Å². The average molecular weight is 416 g/mol. The second-order valence-corrected chi connectivity index (χ2v) is 9.03. The van der Waals surface area contributed by atoms with E-state index in [2.05, 4.69) is 56.9 Å². The number of quaternary nitrogens is 1. The molecule has 0 spiro atoms. The van der Waals surface area contributed by atoms with Gasteiger partial charge in [-0.1, -0.05) is 41.7 Å². The van der Waals surface area contributed by atoms with Crippen LogP contribution in [0.1, 0.15) is 5.56 Å². The highest BCUT2D eigenvalue weighted by Gasteiger charge is 2.29. The van der Waals surface area contributed by atoms with Crippen molar-refractivity contribution in [1.82, 2.24) is 14.9 Å². The van der Waals surface area contributed by atoms with E-state index in [9.17, 15) is 0 Å². The van der Waals surface area contributed by atoms with E-state index in [1.165, 1.54) is 5.69 Å². The van der Waals surface area contributed by atoms with Crippen molar-refractivity contribution in [1.29, 1.82) is 0 Å². The number of thiazole rings is 1. The Kier molecular flexibility index (Phi) is 4.42. The van der Waals surface area contributed by atoms with Gasteiger partial charge in [-0.3, -0.25) is 9.91 Å². The van der Waals surface area contributed by atoms with Crippen molar-refractivity contribution < 1.29 is 0 Å². The number of fused-ring (bicyclic) bond motifs is 1. The molecular formula is C23H23N6S+. The van der Waals surface area contributed by atoms with Gasteiger partial charge in [0.1, 0.15) is 5.69 Å². The van der Waals surface area contributed by atoms with Crippen molar-refractivity contribution in [3.8, 4) is 0 Å². The molecule has 0 aliphatic carbocycles. The van der Waals surface area contributed by atoms with E-state index >= 15 is 0 Å². The molecule has 4 aromatic rings. The number of hydrazine groups is 2. The van der Waals surface area contributed by atoms with Gasteiger partial charge in [0.2, 0.25) is 5.13 Å². The zero-order valence-corrected chi connectivity index (χ0v) is 18.0. The molecule has 0 bridgehead atoms. The lowest BCUT2D eigenvalue weighted by Gasteiger charge is -2.25. The van der Waals surface area contributed by atoms with Gasteiger partial charge in [-0.2, -0.15) is 0 Å². The third-order valence-corrected chi connectivity index (χ3v) is 5.97. The fourth-order valence-corrected chi connectivity index (χ4v) is 4.23. The number of anilines is 2. The molecule has 2 heterocycles. The van der Waals surface area contributed by atoms with E-state index in [1.807, 2.05) is 58.8 Å². The summed E-state index contributed by atoms with van der Waals surface area (Å²) in [5.74, 6) is 0.783. The van der Waals surface area contributed by atoms with Gasteiger partial charge in [0, 0.05) is 5.56 Å². The molecule has 0 saturated carbocycles. The van der Waals surface area contributed by atoms with Crippen LogP contribution in [0.3, 0.4) is 0 Å². The molecule has 0 radical (unpaired) electrons. The standard InChI is InChI=1S/C23H23N6S/c1-29(2,3)19-15-13-17(14-16-19)22-25-27(18-9-5-4-6-10-18)28(26-22)23-24-20-11-7-8-12-21(20)30-23/h4-16H,1-3H3,(H,25,26)/q+1. The molecule has 1 aliphatic rings. The zero-order valence-electron chi connectivity index (χ0n) is 17.1. The van der Waals surface area contributed by atoms with E-state index in [1.54, 1.807) is 11.3 Å². The number of para-hydroxylation sites is 2. The largest absolute Gasteiger partial charge is 0.298 e. The topological polar surface area (TPSA) is 43.8 Å². The van der Waals surface area contributed by atoms with Crippen molar-refractivity contribution in [2.45, 2.75) is 0 Å². The number of hydrogen-bond acceptors (Lipinski definition) is 6. The second kappa shape index (κ2) is 7.12. The SMILES string of the molecule is C[N+](C)(C)c1ccc(C2=NN(c3ccccc3)N(c3nc4ccccc4s3)N2)cc1. The molecule has 0 amide bonds. The maximum Gasteiger partial charge on any atom is 0.228 e. The molecule has 150 valence electrons. The van der Waals surface area contributed by atoms with E-state index in [4.69, 9.17) is 10.1 Å². The Morgan fingerprint density at radius 2 is 1.53 bits per heavy atom. The van der Waals surface area contributed by atoms with Gasteiger partial charge in [-0.25, -0.2) is 4.98 Å². The van der Waals surface area contributed by atoms with Crippen LogP contribution in [0.25, 0.3) is 10.2 Å². The first-order valence-electron chi connectivity index (χ1n) is 9.77. The van der Waals surface area contributed by atoms with Gasteiger partial charge in [-0.15, -0.1) is 15.3 Å². The number of rotatable bonds is 4. The Labute approximate surface area is 179 Å². The summed E-state index contributed by atoms with van der Waals surface area (Å²) >= 11 is 1.63. The summed E-state index contributed by atoms with van der Waals surface area (Å²) in [6.45, 7) is 0. The maximum atomic E-state index is 4.87. The summed E-state index contributed by atoms with van der Waals surface area (Å²) in [5, 5.41) is 9.48. The highest BCUT2D eigenvalue weighted by molar-refractivity contribution is 7.22.